The third-order valence-electron chi connectivity index (χ3n) is 3.70. The van der Waals surface area contributed by atoms with Gasteiger partial charge in [0.1, 0.15) is 12.4 Å². The Morgan fingerprint density at radius 3 is 2.75 bits per heavy atom. The van der Waals surface area contributed by atoms with Crippen LogP contribution in [0.4, 0.5) is 0 Å². The lowest BCUT2D eigenvalue weighted by Gasteiger charge is -2.12. The number of nitrogens with one attached hydrogen (secondary N) is 1. The number of amidine groups is 1. The van der Waals surface area contributed by atoms with Gasteiger partial charge in [0.25, 0.3) is 0 Å². The number of oxime groups is 1. The van der Waals surface area contributed by atoms with Crippen molar-refractivity contribution in [2.24, 2.45) is 22.7 Å². The first-order valence-electron chi connectivity index (χ1n) is 7.12. The lowest BCUT2D eigenvalue weighted by molar-refractivity contribution is 0.307. The minimum atomic E-state index is 0.104. The summed E-state index contributed by atoms with van der Waals surface area (Å²) in [5.74, 6) is 2.61. The molecule has 1 aliphatic rings. The van der Waals surface area contributed by atoms with E-state index >= 15 is 0 Å². The molecular formula is C15H23N3O2. The third kappa shape index (κ3) is 4.42. The van der Waals surface area contributed by atoms with Crippen LogP contribution in [0.25, 0.3) is 0 Å². The van der Waals surface area contributed by atoms with Crippen LogP contribution >= 0.6 is 0 Å². The standard InChI is InChI=1S/C15H23N3O2/c1-11(12-2-3-12)10-17-8-9-20-14-6-4-13(5-7-14)15(16)18-19/h4-7,11-12,17,19H,2-3,8-10H2,1H3,(H2,16,18). The summed E-state index contributed by atoms with van der Waals surface area (Å²) in [5.41, 5.74) is 6.17. The molecule has 1 atom stereocenters. The van der Waals surface area contributed by atoms with E-state index in [2.05, 4.69) is 17.4 Å². The molecule has 20 heavy (non-hydrogen) atoms. The molecule has 0 bridgehead atoms. The van der Waals surface area contributed by atoms with Gasteiger partial charge in [-0.1, -0.05) is 12.1 Å². The topological polar surface area (TPSA) is 79.9 Å². The Bertz CT molecular complexity index is 441. The average molecular weight is 277 g/mol. The van der Waals surface area contributed by atoms with Crippen LogP contribution in [0.1, 0.15) is 25.3 Å². The van der Waals surface area contributed by atoms with Gasteiger partial charge in [-0.25, -0.2) is 0 Å². The highest BCUT2D eigenvalue weighted by atomic mass is 16.5. The predicted octanol–water partition coefficient (Wildman–Crippen LogP) is 1.80. The maximum absolute atomic E-state index is 8.57. The third-order valence-corrected chi connectivity index (χ3v) is 3.70. The van der Waals surface area contributed by atoms with Crippen molar-refractivity contribution in [3.63, 3.8) is 0 Å². The molecule has 1 unspecified atom stereocenters. The number of benzene rings is 1. The summed E-state index contributed by atoms with van der Waals surface area (Å²) >= 11 is 0. The van der Waals surface area contributed by atoms with Gasteiger partial charge in [-0.05, 0) is 55.5 Å². The van der Waals surface area contributed by atoms with E-state index < -0.39 is 0 Å². The van der Waals surface area contributed by atoms with Crippen LogP contribution in [-0.2, 0) is 0 Å². The number of nitrogens with two attached hydrogens (primary N) is 1. The number of hydrogen-bond acceptors (Lipinski definition) is 4. The van der Waals surface area contributed by atoms with E-state index in [1.54, 1.807) is 12.1 Å². The summed E-state index contributed by atoms with van der Waals surface area (Å²) in [6.45, 7) is 4.85. The zero-order valence-corrected chi connectivity index (χ0v) is 11.9. The first kappa shape index (κ1) is 14.7. The van der Waals surface area contributed by atoms with Gasteiger partial charge in [0.15, 0.2) is 5.84 Å². The Hall–Kier alpha value is -1.75. The van der Waals surface area contributed by atoms with Crippen molar-refractivity contribution >= 4 is 5.84 Å². The maximum Gasteiger partial charge on any atom is 0.170 e. The van der Waals surface area contributed by atoms with Crippen molar-refractivity contribution in [3.8, 4) is 5.75 Å². The quantitative estimate of drug-likeness (QED) is 0.222. The van der Waals surface area contributed by atoms with Crippen molar-refractivity contribution < 1.29 is 9.94 Å². The second-order valence-electron chi connectivity index (χ2n) is 5.38. The molecule has 1 aliphatic carbocycles. The van der Waals surface area contributed by atoms with Gasteiger partial charge in [-0.15, -0.1) is 0 Å². The zero-order chi connectivity index (χ0) is 14.4. The number of ether oxygens (including phenoxy) is 1. The van der Waals surface area contributed by atoms with Crippen LogP contribution in [0.15, 0.2) is 29.4 Å². The molecule has 2 rings (SSSR count). The van der Waals surface area contributed by atoms with E-state index in [-0.39, 0.29) is 5.84 Å². The number of nitrogens with zero attached hydrogens (tertiary/aromatic N) is 1. The zero-order valence-electron chi connectivity index (χ0n) is 11.9. The minimum Gasteiger partial charge on any atom is -0.492 e. The molecule has 1 aromatic rings. The van der Waals surface area contributed by atoms with Gasteiger partial charge in [-0.3, -0.25) is 0 Å². The summed E-state index contributed by atoms with van der Waals surface area (Å²) < 4.78 is 5.63. The van der Waals surface area contributed by atoms with Crippen LogP contribution in [0.2, 0.25) is 0 Å². The Morgan fingerprint density at radius 2 is 2.15 bits per heavy atom. The normalized spacial score (nSPS) is 16.9. The molecule has 1 saturated carbocycles. The fourth-order valence-electron chi connectivity index (χ4n) is 2.18. The van der Waals surface area contributed by atoms with Crippen molar-refractivity contribution in [1.29, 1.82) is 0 Å². The molecule has 5 nitrogen and oxygen atoms in total. The molecular weight excluding hydrogens is 254 g/mol. The SMILES string of the molecule is CC(CNCCOc1ccc(/C(N)=N/O)cc1)C1CC1. The smallest absolute Gasteiger partial charge is 0.170 e. The summed E-state index contributed by atoms with van der Waals surface area (Å²) in [5, 5.41) is 14.9. The molecule has 5 heteroatoms. The molecule has 1 fully saturated rings. The largest absolute Gasteiger partial charge is 0.492 e. The van der Waals surface area contributed by atoms with Crippen molar-refractivity contribution in [3.05, 3.63) is 29.8 Å². The maximum atomic E-state index is 8.57. The first-order valence-corrected chi connectivity index (χ1v) is 7.12. The van der Waals surface area contributed by atoms with Crippen LogP contribution in [0, 0.1) is 11.8 Å². The van der Waals surface area contributed by atoms with E-state index in [0.717, 1.165) is 30.7 Å². The van der Waals surface area contributed by atoms with E-state index in [9.17, 15) is 0 Å². The monoisotopic (exact) mass is 277 g/mol. The predicted molar refractivity (Wildman–Crippen MR) is 79.2 cm³/mol. The van der Waals surface area contributed by atoms with Gasteiger partial charge in [-0.2, -0.15) is 0 Å². The van der Waals surface area contributed by atoms with Crippen molar-refractivity contribution in [2.45, 2.75) is 19.8 Å². The van der Waals surface area contributed by atoms with E-state index in [4.69, 9.17) is 15.7 Å². The molecule has 4 N–H and O–H groups in total. The molecule has 0 aliphatic heterocycles. The van der Waals surface area contributed by atoms with Crippen molar-refractivity contribution in [2.75, 3.05) is 19.7 Å². The van der Waals surface area contributed by atoms with Crippen LogP contribution in [0.5, 0.6) is 5.75 Å². The Balaban J connectivity index is 1.63. The highest BCUT2D eigenvalue weighted by molar-refractivity contribution is 5.97. The van der Waals surface area contributed by atoms with Gasteiger partial charge in [0, 0.05) is 12.1 Å². The fraction of sp³-hybridized carbons (Fsp3) is 0.533. The molecule has 1 aromatic carbocycles. The van der Waals surface area contributed by atoms with Gasteiger partial charge < -0.3 is 21.0 Å². The Kier molecular flexibility index (Phi) is 5.24. The Labute approximate surface area is 119 Å². The highest BCUT2D eigenvalue weighted by Gasteiger charge is 2.27. The summed E-state index contributed by atoms with van der Waals surface area (Å²) in [6, 6.07) is 7.18. The second kappa shape index (κ2) is 7.14. The molecule has 0 radical (unpaired) electrons. The molecule has 0 amide bonds. The average Bonchev–Trinajstić information content (AvgIpc) is 3.31. The summed E-state index contributed by atoms with van der Waals surface area (Å²) in [4.78, 5) is 0. The van der Waals surface area contributed by atoms with E-state index in [0.29, 0.717) is 12.2 Å². The van der Waals surface area contributed by atoms with Crippen LogP contribution in [0.3, 0.4) is 0 Å². The lowest BCUT2D eigenvalue weighted by Crippen LogP contribution is -2.26. The molecule has 110 valence electrons. The molecule has 0 spiro atoms. The van der Waals surface area contributed by atoms with E-state index in [1.165, 1.54) is 12.8 Å². The van der Waals surface area contributed by atoms with Crippen LogP contribution < -0.4 is 15.8 Å². The highest BCUT2D eigenvalue weighted by Crippen LogP contribution is 2.35. The van der Waals surface area contributed by atoms with Crippen LogP contribution in [-0.4, -0.2) is 30.7 Å². The molecule has 0 heterocycles. The molecule has 0 saturated heterocycles. The van der Waals surface area contributed by atoms with Gasteiger partial charge in [0.2, 0.25) is 0 Å². The Morgan fingerprint density at radius 1 is 1.45 bits per heavy atom. The minimum absolute atomic E-state index is 0.104. The van der Waals surface area contributed by atoms with E-state index in [1.807, 2.05) is 12.1 Å². The van der Waals surface area contributed by atoms with Gasteiger partial charge >= 0.3 is 0 Å². The second-order valence-corrected chi connectivity index (χ2v) is 5.38. The van der Waals surface area contributed by atoms with Gasteiger partial charge in [0.05, 0.1) is 0 Å². The number of hydrogen-bond donors (Lipinski definition) is 3. The lowest BCUT2D eigenvalue weighted by atomic mass is 10.1. The number of rotatable bonds is 8. The summed E-state index contributed by atoms with van der Waals surface area (Å²) in [7, 11) is 0. The van der Waals surface area contributed by atoms with Crippen molar-refractivity contribution in [1.82, 2.24) is 5.32 Å². The fourth-order valence-corrected chi connectivity index (χ4v) is 2.18. The molecule has 0 aromatic heterocycles. The summed E-state index contributed by atoms with van der Waals surface area (Å²) in [6.07, 6.45) is 2.79. The first-order chi connectivity index (χ1) is 9.70.